The first-order valence-corrected chi connectivity index (χ1v) is 13.5. The number of aryl methyl sites for hydroxylation is 1. The summed E-state index contributed by atoms with van der Waals surface area (Å²) >= 11 is 0. The number of benzene rings is 1. The number of hydrogen-bond donors (Lipinski definition) is 2. The van der Waals surface area contributed by atoms with Gasteiger partial charge >= 0.3 is 0 Å². The number of anilines is 2. The Morgan fingerprint density at radius 2 is 1.79 bits per heavy atom. The minimum absolute atomic E-state index is 0.0321. The lowest BCUT2D eigenvalue weighted by Gasteiger charge is -2.31. The number of imidazole rings is 1. The molecule has 1 amide bonds. The summed E-state index contributed by atoms with van der Waals surface area (Å²) in [6, 6.07) is 7.48. The van der Waals surface area contributed by atoms with Gasteiger partial charge in [0.05, 0.1) is 30.8 Å². The lowest BCUT2D eigenvalue weighted by molar-refractivity contribution is -0.122. The van der Waals surface area contributed by atoms with Gasteiger partial charge in [-0.05, 0) is 64.4 Å². The van der Waals surface area contributed by atoms with Crippen LogP contribution in [0.2, 0.25) is 0 Å². The van der Waals surface area contributed by atoms with E-state index in [1.807, 2.05) is 43.0 Å². The van der Waals surface area contributed by atoms with Crippen LogP contribution in [-0.4, -0.2) is 89.4 Å². The molecule has 1 aromatic carbocycles. The van der Waals surface area contributed by atoms with Gasteiger partial charge in [-0.25, -0.2) is 13.8 Å². The maximum atomic E-state index is 14.2. The SMILES string of the molecule is Cc1ccc2nc(C(F)F)n(-c3cc(N[C@H]4CC[C@H](NC(=O)CN(C)C)CC4)nc(N4CCOCC4)n3)c2c1. The molecule has 2 N–H and O–H groups in total. The average Bonchev–Trinajstić information content (AvgIpc) is 3.29. The number of carbonyl (C=O) groups is 1. The maximum Gasteiger partial charge on any atom is 0.296 e. The average molecular weight is 543 g/mol. The van der Waals surface area contributed by atoms with Crippen LogP contribution in [0.4, 0.5) is 20.5 Å². The van der Waals surface area contributed by atoms with Crippen molar-refractivity contribution in [2.75, 3.05) is 57.2 Å². The minimum atomic E-state index is -2.77. The van der Waals surface area contributed by atoms with Crippen molar-refractivity contribution in [1.82, 2.24) is 29.7 Å². The maximum absolute atomic E-state index is 14.2. The highest BCUT2D eigenvalue weighted by Crippen LogP contribution is 2.30. The van der Waals surface area contributed by atoms with E-state index in [1.165, 1.54) is 4.57 Å². The molecule has 1 saturated carbocycles. The Labute approximate surface area is 226 Å². The molecule has 1 aliphatic heterocycles. The van der Waals surface area contributed by atoms with Gasteiger partial charge < -0.3 is 25.2 Å². The molecule has 3 heterocycles. The Morgan fingerprint density at radius 3 is 2.49 bits per heavy atom. The first-order valence-electron chi connectivity index (χ1n) is 13.5. The van der Waals surface area contributed by atoms with E-state index in [2.05, 4.69) is 15.6 Å². The van der Waals surface area contributed by atoms with Crippen LogP contribution in [0.3, 0.4) is 0 Å². The van der Waals surface area contributed by atoms with Crippen molar-refractivity contribution < 1.29 is 18.3 Å². The van der Waals surface area contributed by atoms with Crippen molar-refractivity contribution >= 4 is 28.7 Å². The van der Waals surface area contributed by atoms with Crippen LogP contribution >= 0.6 is 0 Å². The van der Waals surface area contributed by atoms with Crippen LogP contribution in [0.1, 0.15) is 43.5 Å². The van der Waals surface area contributed by atoms with Crippen molar-refractivity contribution in [3.8, 4) is 5.82 Å². The van der Waals surface area contributed by atoms with Crippen LogP contribution < -0.4 is 15.5 Å². The summed E-state index contributed by atoms with van der Waals surface area (Å²) in [6.45, 7) is 4.63. The molecule has 2 aliphatic rings. The highest BCUT2D eigenvalue weighted by molar-refractivity contribution is 5.79. The van der Waals surface area contributed by atoms with Gasteiger partial charge in [-0.15, -0.1) is 0 Å². The van der Waals surface area contributed by atoms with E-state index in [1.54, 1.807) is 12.1 Å². The normalized spacial score (nSPS) is 20.1. The number of nitrogens with one attached hydrogen (secondary N) is 2. The third-order valence-corrected chi connectivity index (χ3v) is 7.16. The zero-order valence-corrected chi connectivity index (χ0v) is 22.7. The largest absolute Gasteiger partial charge is 0.378 e. The summed E-state index contributed by atoms with van der Waals surface area (Å²) in [7, 11) is 3.75. The molecule has 10 nitrogen and oxygen atoms in total. The third kappa shape index (κ3) is 6.44. The number of hydrogen-bond acceptors (Lipinski definition) is 8. The predicted molar refractivity (Wildman–Crippen MR) is 146 cm³/mol. The number of halogens is 2. The summed E-state index contributed by atoms with van der Waals surface area (Å²) in [5.74, 6) is 1.09. The molecular weight excluding hydrogens is 506 g/mol. The van der Waals surface area contributed by atoms with E-state index in [-0.39, 0.29) is 23.8 Å². The number of alkyl halides is 2. The second-order valence-corrected chi connectivity index (χ2v) is 10.6. The monoisotopic (exact) mass is 542 g/mol. The summed E-state index contributed by atoms with van der Waals surface area (Å²) < 4.78 is 35.3. The Bertz CT molecular complexity index is 1300. The molecule has 12 heteroatoms. The van der Waals surface area contributed by atoms with Gasteiger partial charge in [-0.3, -0.25) is 9.36 Å². The molecule has 0 radical (unpaired) electrons. The van der Waals surface area contributed by atoms with E-state index in [0.29, 0.717) is 61.5 Å². The Kier molecular flexibility index (Phi) is 8.22. The van der Waals surface area contributed by atoms with Crippen molar-refractivity contribution in [3.05, 3.63) is 35.7 Å². The van der Waals surface area contributed by atoms with E-state index >= 15 is 0 Å². The fourth-order valence-electron chi connectivity index (χ4n) is 5.26. The van der Waals surface area contributed by atoms with Crippen molar-refractivity contribution in [2.24, 2.45) is 0 Å². The van der Waals surface area contributed by atoms with Gasteiger partial charge in [0.15, 0.2) is 5.82 Å². The zero-order valence-electron chi connectivity index (χ0n) is 22.7. The fourth-order valence-corrected chi connectivity index (χ4v) is 5.26. The van der Waals surface area contributed by atoms with Gasteiger partial charge in [-0.1, -0.05) is 6.07 Å². The first kappa shape index (κ1) is 27.2. The van der Waals surface area contributed by atoms with Crippen LogP contribution in [-0.2, 0) is 9.53 Å². The molecule has 39 heavy (non-hydrogen) atoms. The lowest BCUT2D eigenvalue weighted by Crippen LogP contribution is -2.43. The smallest absolute Gasteiger partial charge is 0.296 e. The Balaban J connectivity index is 1.42. The molecule has 1 saturated heterocycles. The number of aromatic nitrogens is 4. The Hall–Kier alpha value is -3.38. The van der Waals surface area contributed by atoms with Gasteiger partial charge in [0.1, 0.15) is 11.6 Å². The molecule has 0 atom stereocenters. The zero-order chi connectivity index (χ0) is 27.5. The van der Waals surface area contributed by atoms with Crippen molar-refractivity contribution in [2.45, 2.75) is 51.1 Å². The van der Waals surface area contributed by atoms with Crippen molar-refractivity contribution in [3.63, 3.8) is 0 Å². The molecule has 0 bridgehead atoms. The van der Waals surface area contributed by atoms with Crippen LogP contribution in [0.5, 0.6) is 0 Å². The molecule has 210 valence electrons. The Morgan fingerprint density at radius 1 is 1.08 bits per heavy atom. The molecule has 2 fully saturated rings. The molecular formula is C27H36F2N8O2. The predicted octanol–water partition coefficient (Wildman–Crippen LogP) is 3.30. The molecule has 1 aliphatic carbocycles. The number of rotatable bonds is 8. The third-order valence-electron chi connectivity index (χ3n) is 7.16. The van der Waals surface area contributed by atoms with Crippen LogP contribution in [0.15, 0.2) is 24.3 Å². The quantitative estimate of drug-likeness (QED) is 0.447. The standard InChI is InChI=1S/C27H36F2N8O2/c1-17-4-9-20-21(14-17)37(26(32-20)25(28)29)23-15-22(33-27(34-23)36-10-12-39-13-11-36)30-18-5-7-19(8-6-18)31-24(38)16-35(2)3/h4,9,14-15,18-19,25H,5-8,10-13,16H2,1-3H3,(H,31,38)(H,30,33,34)/t18-,19-. The van der Waals surface area contributed by atoms with E-state index in [9.17, 15) is 13.6 Å². The second-order valence-electron chi connectivity index (χ2n) is 10.6. The van der Waals surface area contributed by atoms with E-state index in [4.69, 9.17) is 14.7 Å². The molecule has 5 rings (SSSR count). The van der Waals surface area contributed by atoms with E-state index in [0.717, 1.165) is 31.2 Å². The number of morpholine rings is 1. The molecule has 0 unspecified atom stereocenters. The molecule has 0 spiro atoms. The number of nitrogens with zero attached hydrogens (tertiary/aromatic N) is 6. The lowest BCUT2D eigenvalue weighted by atomic mass is 9.91. The number of carbonyl (C=O) groups excluding carboxylic acids is 1. The fraction of sp³-hybridized carbons (Fsp3) is 0.556. The molecule has 2 aromatic heterocycles. The van der Waals surface area contributed by atoms with Crippen LogP contribution in [0, 0.1) is 6.92 Å². The van der Waals surface area contributed by atoms with E-state index < -0.39 is 6.43 Å². The van der Waals surface area contributed by atoms with Gasteiger partial charge in [-0.2, -0.15) is 9.97 Å². The number of amides is 1. The number of ether oxygens (including phenoxy) is 1. The van der Waals surface area contributed by atoms with Gasteiger partial charge in [0.2, 0.25) is 11.9 Å². The first-order chi connectivity index (χ1) is 18.8. The van der Waals surface area contributed by atoms with Crippen LogP contribution in [0.25, 0.3) is 16.9 Å². The summed E-state index contributed by atoms with van der Waals surface area (Å²) in [5.41, 5.74) is 2.02. The summed E-state index contributed by atoms with van der Waals surface area (Å²) in [6.07, 6.45) is 0.648. The summed E-state index contributed by atoms with van der Waals surface area (Å²) in [4.78, 5) is 29.8. The molecule has 3 aromatic rings. The topological polar surface area (TPSA) is 100 Å². The number of fused-ring (bicyclic) bond motifs is 1. The highest BCUT2D eigenvalue weighted by atomic mass is 19.3. The van der Waals surface area contributed by atoms with Gasteiger partial charge in [0.25, 0.3) is 6.43 Å². The minimum Gasteiger partial charge on any atom is -0.378 e. The number of likely N-dealkylation sites (N-methyl/N-ethyl adjacent to an activating group) is 1. The second kappa shape index (κ2) is 11.8. The van der Waals surface area contributed by atoms with Gasteiger partial charge in [0, 0.05) is 31.2 Å². The summed E-state index contributed by atoms with van der Waals surface area (Å²) in [5, 5.41) is 6.64. The highest BCUT2D eigenvalue weighted by Gasteiger charge is 2.26. The van der Waals surface area contributed by atoms with Crippen molar-refractivity contribution in [1.29, 1.82) is 0 Å².